The molecule has 1 atom stereocenters. The molecule has 1 aromatic heterocycles. The van der Waals surface area contributed by atoms with Crippen LogP contribution in [0.4, 0.5) is 10.1 Å². The van der Waals surface area contributed by atoms with E-state index in [0.29, 0.717) is 35.7 Å². The molecule has 1 N–H and O–H groups in total. The maximum atomic E-state index is 14.0. The van der Waals surface area contributed by atoms with Gasteiger partial charge in [0, 0.05) is 19.2 Å². The number of furan rings is 1. The normalized spacial score (nSPS) is 14.7. The van der Waals surface area contributed by atoms with Crippen LogP contribution in [0, 0.1) is 12.7 Å². The number of nitrogens with zero attached hydrogens (tertiary/aromatic N) is 1. The molecule has 6 nitrogen and oxygen atoms in total. The number of hydrogen-bond donors (Lipinski definition) is 1. The number of aryl methyl sites for hydroxylation is 1. The Morgan fingerprint density at radius 2 is 1.86 bits per heavy atom. The Morgan fingerprint density at radius 1 is 1.05 bits per heavy atom. The summed E-state index contributed by atoms with van der Waals surface area (Å²) in [5.74, 6) is 0.518. The summed E-state index contributed by atoms with van der Waals surface area (Å²) in [6.07, 6.45) is 0.707. The van der Waals surface area contributed by atoms with Crippen molar-refractivity contribution in [2.24, 2.45) is 0 Å². The van der Waals surface area contributed by atoms with Crippen LogP contribution in [-0.4, -0.2) is 23.3 Å². The zero-order valence-electron chi connectivity index (χ0n) is 20.7. The van der Waals surface area contributed by atoms with Crippen LogP contribution in [0.5, 0.6) is 5.75 Å². The number of nitrogens with one attached hydrogen (secondary N) is 1. The van der Waals surface area contributed by atoms with Crippen LogP contribution in [0.2, 0.25) is 0 Å². The third kappa shape index (κ3) is 5.40. The lowest BCUT2D eigenvalue weighted by molar-refractivity contribution is -0.130. The van der Waals surface area contributed by atoms with Crippen molar-refractivity contribution in [3.05, 3.63) is 118 Å². The van der Waals surface area contributed by atoms with Crippen molar-refractivity contribution in [3.63, 3.8) is 0 Å². The van der Waals surface area contributed by atoms with Gasteiger partial charge in [0.1, 0.15) is 23.9 Å². The zero-order chi connectivity index (χ0) is 25.9. The molecule has 0 saturated carbocycles. The summed E-state index contributed by atoms with van der Waals surface area (Å²) in [5.41, 5.74) is 4.50. The van der Waals surface area contributed by atoms with Crippen LogP contribution < -0.4 is 10.1 Å². The first-order valence-corrected chi connectivity index (χ1v) is 12.1. The molecule has 0 spiro atoms. The molecule has 5 rings (SSSR count). The van der Waals surface area contributed by atoms with Crippen molar-refractivity contribution in [3.8, 4) is 5.75 Å². The summed E-state index contributed by atoms with van der Waals surface area (Å²) in [5, 5.41) is 2.81. The highest BCUT2D eigenvalue weighted by atomic mass is 19.1. The van der Waals surface area contributed by atoms with E-state index in [4.69, 9.17) is 9.15 Å². The predicted octanol–water partition coefficient (Wildman–Crippen LogP) is 6.05. The Morgan fingerprint density at radius 3 is 2.62 bits per heavy atom. The summed E-state index contributed by atoms with van der Waals surface area (Å²) in [6.45, 7) is 4.19. The van der Waals surface area contributed by atoms with Crippen LogP contribution >= 0.6 is 0 Å². The highest BCUT2D eigenvalue weighted by Crippen LogP contribution is 2.37. The standard InChI is InChI=1S/C30H27FN2O4/c1-19-6-9-24(10-7-19)32-30(35)28-13-12-26(37-28)18-36-25-11-8-21-14-15-33(20(2)34)29(27(21)17-25)22-4-3-5-23(31)16-22/h3-13,16-17,29H,14-15,18H2,1-2H3,(H,32,35). The van der Waals surface area contributed by atoms with E-state index >= 15 is 0 Å². The topological polar surface area (TPSA) is 71.8 Å². The number of anilines is 1. The Balaban J connectivity index is 1.32. The number of halogens is 1. The average molecular weight is 499 g/mol. The second kappa shape index (κ2) is 10.3. The van der Waals surface area contributed by atoms with Crippen molar-refractivity contribution < 1.29 is 23.1 Å². The Bertz CT molecular complexity index is 1440. The maximum absolute atomic E-state index is 14.0. The Hall–Kier alpha value is -4.39. The minimum absolute atomic E-state index is 0.0711. The fourth-order valence-electron chi connectivity index (χ4n) is 4.62. The van der Waals surface area contributed by atoms with E-state index < -0.39 is 6.04 Å². The largest absolute Gasteiger partial charge is 0.486 e. The fourth-order valence-corrected chi connectivity index (χ4v) is 4.62. The molecule has 1 aliphatic heterocycles. The highest BCUT2D eigenvalue weighted by molar-refractivity contribution is 6.02. The number of amides is 2. The Kier molecular flexibility index (Phi) is 6.77. The molecule has 2 heterocycles. The minimum Gasteiger partial charge on any atom is -0.486 e. The van der Waals surface area contributed by atoms with E-state index in [0.717, 1.165) is 16.7 Å². The summed E-state index contributed by atoms with van der Waals surface area (Å²) in [6, 6.07) is 22.5. The fraction of sp³-hybridized carbons (Fsp3) is 0.200. The molecule has 1 aliphatic rings. The minimum atomic E-state index is -0.402. The van der Waals surface area contributed by atoms with Gasteiger partial charge in [-0.25, -0.2) is 4.39 Å². The summed E-state index contributed by atoms with van der Waals surface area (Å²) >= 11 is 0. The van der Waals surface area contributed by atoms with Crippen LogP contribution in [0.25, 0.3) is 0 Å². The van der Waals surface area contributed by atoms with Crippen LogP contribution in [0.3, 0.4) is 0 Å². The van der Waals surface area contributed by atoms with Gasteiger partial charge in [-0.2, -0.15) is 0 Å². The molecule has 0 radical (unpaired) electrons. The predicted molar refractivity (Wildman–Crippen MR) is 138 cm³/mol. The first kappa shape index (κ1) is 24.3. The molecule has 1 unspecified atom stereocenters. The van der Waals surface area contributed by atoms with Gasteiger partial charge in [0.05, 0.1) is 6.04 Å². The van der Waals surface area contributed by atoms with E-state index in [2.05, 4.69) is 5.32 Å². The van der Waals surface area contributed by atoms with Crippen molar-refractivity contribution >= 4 is 17.5 Å². The van der Waals surface area contributed by atoms with E-state index in [1.807, 2.05) is 55.5 Å². The van der Waals surface area contributed by atoms with E-state index in [1.165, 1.54) is 19.1 Å². The Labute approximate surface area is 214 Å². The molecule has 188 valence electrons. The zero-order valence-corrected chi connectivity index (χ0v) is 20.7. The second-order valence-electron chi connectivity index (χ2n) is 9.16. The molecule has 3 aromatic carbocycles. The van der Waals surface area contributed by atoms with Gasteiger partial charge in [0.25, 0.3) is 5.91 Å². The molecular weight excluding hydrogens is 471 g/mol. The maximum Gasteiger partial charge on any atom is 0.291 e. The molecular formula is C30H27FN2O4. The number of benzene rings is 3. The SMILES string of the molecule is CC(=O)N1CCc2ccc(OCc3ccc(C(=O)Nc4ccc(C)cc4)o3)cc2C1c1cccc(F)c1. The van der Waals surface area contributed by atoms with Gasteiger partial charge in [-0.1, -0.05) is 35.9 Å². The third-order valence-electron chi connectivity index (χ3n) is 6.49. The van der Waals surface area contributed by atoms with E-state index in [9.17, 15) is 14.0 Å². The van der Waals surface area contributed by atoms with E-state index in [1.54, 1.807) is 23.1 Å². The van der Waals surface area contributed by atoms with Gasteiger partial charge in [0.15, 0.2) is 5.76 Å². The summed E-state index contributed by atoms with van der Waals surface area (Å²) in [4.78, 5) is 26.7. The second-order valence-corrected chi connectivity index (χ2v) is 9.16. The monoisotopic (exact) mass is 498 g/mol. The van der Waals surface area contributed by atoms with Gasteiger partial charge in [-0.15, -0.1) is 0 Å². The van der Waals surface area contributed by atoms with Crippen LogP contribution in [0.15, 0.2) is 83.3 Å². The average Bonchev–Trinajstić information content (AvgIpc) is 3.37. The number of ether oxygens (including phenoxy) is 1. The molecule has 0 bridgehead atoms. The van der Waals surface area contributed by atoms with Crippen LogP contribution in [-0.2, 0) is 17.8 Å². The van der Waals surface area contributed by atoms with Crippen molar-refractivity contribution in [1.29, 1.82) is 0 Å². The summed E-state index contributed by atoms with van der Waals surface area (Å²) in [7, 11) is 0. The molecule has 37 heavy (non-hydrogen) atoms. The molecule has 0 aliphatic carbocycles. The van der Waals surface area contributed by atoms with Gasteiger partial charge in [-0.05, 0) is 78.6 Å². The molecule has 7 heteroatoms. The first-order chi connectivity index (χ1) is 17.9. The van der Waals surface area contributed by atoms with Crippen molar-refractivity contribution in [2.45, 2.75) is 32.9 Å². The van der Waals surface area contributed by atoms with Gasteiger partial charge in [0.2, 0.25) is 5.91 Å². The summed E-state index contributed by atoms with van der Waals surface area (Å²) < 4.78 is 25.7. The smallest absolute Gasteiger partial charge is 0.291 e. The number of carbonyl (C=O) groups excluding carboxylic acids is 2. The lowest BCUT2D eigenvalue weighted by Crippen LogP contribution is -2.39. The van der Waals surface area contributed by atoms with Crippen LogP contribution in [0.1, 0.15) is 51.5 Å². The number of hydrogen-bond acceptors (Lipinski definition) is 4. The van der Waals surface area contributed by atoms with Crippen molar-refractivity contribution in [2.75, 3.05) is 11.9 Å². The molecule has 2 amide bonds. The first-order valence-electron chi connectivity index (χ1n) is 12.1. The number of rotatable bonds is 6. The lowest BCUT2D eigenvalue weighted by atomic mass is 9.88. The quantitative estimate of drug-likeness (QED) is 0.351. The number of carbonyl (C=O) groups is 2. The molecule has 4 aromatic rings. The van der Waals surface area contributed by atoms with E-state index in [-0.39, 0.29) is 30.0 Å². The number of fused-ring (bicyclic) bond motifs is 1. The van der Waals surface area contributed by atoms with Crippen molar-refractivity contribution in [1.82, 2.24) is 4.90 Å². The third-order valence-corrected chi connectivity index (χ3v) is 6.49. The van der Waals surface area contributed by atoms with Gasteiger partial charge in [-0.3, -0.25) is 9.59 Å². The van der Waals surface area contributed by atoms with Gasteiger partial charge < -0.3 is 19.4 Å². The molecule has 0 fully saturated rings. The molecule has 0 saturated heterocycles. The lowest BCUT2D eigenvalue weighted by Gasteiger charge is -2.37. The highest BCUT2D eigenvalue weighted by Gasteiger charge is 2.31. The van der Waals surface area contributed by atoms with Gasteiger partial charge >= 0.3 is 0 Å².